The third-order valence-electron chi connectivity index (χ3n) is 23.3. The van der Waals surface area contributed by atoms with Gasteiger partial charge >= 0.3 is 88.0 Å². The van der Waals surface area contributed by atoms with Gasteiger partial charge in [0.25, 0.3) is 0 Å². The van der Waals surface area contributed by atoms with Crippen LogP contribution < -0.4 is 0 Å². The van der Waals surface area contributed by atoms with Crippen LogP contribution in [-0.4, -0.2) is 294 Å². The Morgan fingerprint density at radius 3 is 0.336 bits per heavy atom. The van der Waals surface area contributed by atoms with Crippen molar-refractivity contribution in [3.05, 3.63) is 0 Å². The molecule has 30 nitrogen and oxygen atoms in total. The van der Waals surface area contributed by atoms with Crippen LogP contribution in [0.2, 0.25) is 61.4 Å². The van der Waals surface area contributed by atoms with Gasteiger partial charge in [-0.2, -0.15) is 0 Å². The quantitative estimate of drug-likeness (QED) is 0.0404. The molecule has 0 radical (unpaired) electrons. The zero-order valence-electron chi connectivity index (χ0n) is 102. The van der Waals surface area contributed by atoms with Crippen molar-refractivity contribution in [2.45, 2.75) is 478 Å². The molecule has 0 aromatic carbocycles. The van der Waals surface area contributed by atoms with E-state index in [-0.39, 0.29) is 0 Å². The van der Waals surface area contributed by atoms with Crippen molar-refractivity contribution in [2.24, 2.45) is 0 Å². The maximum atomic E-state index is 5.89. The van der Waals surface area contributed by atoms with Crippen LogP contribution in [0, 0.1) is 0 Å². The van der Waals surface area contributed by atoms with E-state index in [0.29, 0.717) is 99.1 Å². The van der Waals surface area contributed by atoms with Crippen LogP contribution in [0.3, 0.4) is 0 Å². The standard InChI is InChI=1S/C18H40O3Si.C15H34O3Si.C14H32O3Si.C12H28O3Si.C11H26O3Si.C9H22O3Si.C8H20O3Si.C7H18O3Si.C5H14O3Si.C4H12O3Si/c1-5-9-10-11-12-13-14-15-16-17-18-22(19-6-2,20-7-3)21-8-4;1-5-6-7-8-9-10-11-12-13-14-15-19(16-2,17-3)18-4;1-5-9-10-11-12-13-14-18(15-6-2,16-7-3)17-8-4;1-5-9-10-11-12-16(13-6-2,14-7-3)15-8-4;1-5-6-7-8-9-10-11-15(12-2,13-3)14-4;1-5-6-7-8-9-13(10-2,11-3)12-4;1-5-9-12(8-4,10-6-2)11-7-3;1-5-8-11(4,9-6-2)10-7-3;1-5-9(6-2,7-3)8-4;1-5-8(4,6-2)7-3/h5-18H2,1-4H3;5-15H2,1-4H3;5-14H2,1-4H3;5-12H2,1-4H3;5-11H2,1-4H3;5-9H2,1-4H3;5-8H2,1-4H3;5-7H2,1-4H3;5H2,1-4H3;1-4H3. The van der Waals surface area contributed by atoms with Crippen LogP contribution in [0.4, 0.5) is 0 Å². The lowest BCUT2D eigenvalue weighted by atomic mass is 10.1. The molecule has 0 aliphatic carbocycles. The van der Waals surface area contributed by atoms with E-state index < -0.39 is 88.0 Å². The van der Waals surface area contributed by atoms with Crippen LogP contribution in [0.15, 0.2) is 0 Å². The number of rotatable bonds is 93. The van der Waals surface area contributed by atoms with Gasteiger partial charge in [-0.05, 0) is 142 Å². The molecule has 0 fully saturated rings. The van der Waals surface area contributed by atoms with E-state index in [2.05, 4.69) is 41.5 Å². The van der Waals surface area contributed by atoms with Crippen LogP contribution in [0.1, 0.15) is 416 Å². The molecule has 0 unspecified atom stereocenters. The Labute approximate surface area is 898 Å². The highest BCUT2D eigenvalue weighted by atomic mass is 28.4. The van der Waals surface area contributed by atoms with Crippen LogP contribution in [-0.2, 0) is 133 Å². The van der Waals surface area contributed by atoms with E-state index in [9.17, 15) is 0 Å². The first-order valence-corrected chi connectivity index (χ1v) is 76.6. The molecule has 0 saturated heterocycles. The fraction of sp³-hybridized carbons (Fsp3) is 1.00. The molecule has 0 spiro atoms. The van der Waals surface area contributed by atoms with Crippen molar-refractivity contribution in [3.63, 3.8) is 0 Å². The van der Waals surface area contributed by atoms with E-state index in [1.165, 1.54) is 225 Å². The predicted molar refractivity (Wildman–Crippen MR) is 617 cm³/mol. The van der Waals surface area contributed by atoms with Crippen LogP contribution in [0.5, 0.6) is 0 Å². The maximum absolute atomic E-state index is 5.89. The SMILES string of the molecule is CCCCCCCCCCCC[Si](OC)(OC)OC.CCCCCCCCCCCC[Si](OCC)(OCC)OCC.CCCCCCCC[Si](OC)(OC)OC.CCCCCCCC[Si](OCC)(OCC)OCC.CCCCCC[Si](OC)(OC)OC.CCCCCC[Si](OCC)(OCC)OCC.CCO[Si](C)(OCC)OCC.CCO[Si](CC)(OCC)OCC.CC[Si](OC)(OC)OC.CO[Si](C)(OC)OC. The highest BCUT2D eigenvalue weighted by molar-refractivity contribution is 6.63. The summed E-state index contributed by atoms with van der Waals surface area (Å²) < 4.78 is 164. The summed E-state index contributed by atoms with van der Waals surface area (Å²) in [5, 5.41) is 0. The van der Waals surface area contributed by atoms with Gasteiger partial charge in [-0.3, -0.25) is 0 Å². The lowest BCUT2D eigenvalue weighted by molar-refractivity contribution is 0.0698. The Balaban J connectivity index is -0.000000174. The molecule has 0 bridgehead atoms. The number of hydrogen-bond acceptors (Lipinski definition) is 30. The van der Waals surface area contributed by atoms with Gasteiger partial charge in [-0.1, -0.05) is 274 Å². The maximum Gasteiger partial charge on any atom is 0.500 e. The summed E-state index contributed by atoms with van der Waals surface area (Å²) >= 11 is 0. The minimum atomic E-state index is -2.39. The largest absolute Gasteiger partial charge is 0.500 e. The Hall–Kier alpha value is 0.969. The zero-order chi connectivity index (χ0) is 111. The molecule has 0 aliphatic rings. The molecule has 0 amide bonds. The highest BCUT2D eigenvalue weighted by Gasteiger charge is 2.44. The predicted octanol–water partition coefficient (Wildman–Crippen LogP) is 29.5. The molecule has 40 heteroatoms. The first kappa shape index (κ1) is 164. The molecule has 0 aromatic heterocycles. The van der Waals surface area contributed by atoms with Gasteiger partial charge in [0.2, 0.25) is 0 Å². The van der Waals surface area contributed by atoms with Crippen molar-refractivity contribution in [1.29, 1.82) is 0 Å². The average Bonchev–Trinajstić information content (AvgIpc) is 0.876. The fourth-order valence-corrected chi connectivity index (χ4v) is 34.4. The summed E-state index contributed by atoms with van der Waals surface area (Å²) in [6, 6.07) is 7.36. The van der Waals surface area contributed by atoms with E-state index in [1.54, 1.807) is 107 Å². The molecule has 0 N–H and O–H groups in total. The van der Waals surface area contributed by atoms with E-state index in [1.807, 2.05) is 131 Å². The average molecular weight is 2250 g/mol. The molecular weight excluding hydrogens is 2000 g/mol. The lowest BCUT2D eigenvalue weighted by Crippen LogP contribution is -2.45. The molecule has 0 saturated carbocycles. The van der Waals surface area contributed by atoms with Crippen molar-refractivity contribution >= 4 is 88.0 Å². The smallest absolute Gasteiger partial charge is 0.377 e. The summed E-state index contributed by atoms with van der Waals surface area (Å²) in [6.45, 7) is 61.2. The van der Waals surface area contributed by atoms with Crippen LogP contribution in [0.25, 0.3) is 0 Å². The molecule has 878 valence electrons. The van der Waals surface area contributed by atoms with E-state index >= 15 is 0 Å². The molecule has 0 aliphatic heterocycles. The monoisotopic (exact) mass is 2240 g/mol. The molecule has 143 heavy (non-hydrogen) atoms. The number of hydrogen-bond donors (Lipinski definition) is 0. The summed E-state index contributed by atoms with van der Waals surface area (Å²) in [7, 11) is 1.85. The van der Waals surface area contributed by atoms with Crippen molar-refractivity contribution < 1.29 is 133 Å². The van der Waals surface area contributed by atoms with Gasteiger partial charge in [-0.25, -0.2) is 0 Å². The third-order valence-corrected chi connectivity index (χ3v) is 51.7. The van der Waals surface area contributed by atoms with Gasteiger partial charge in [0.05, 0.1) is 0 Å². The summed E-state index contributed by atoms with van der Waals surface area (Å²) in [6.07, 6.45) is 52.3. The lowest BCUT2D eigenvalue weighted by Gasteiger charge is -2.28. The fourth-order valence-electron chi connectivity index (χ4n) is 15.0. The van der Waals surface area contributed by atoms with Crippen molar-refractivity contribution in [1.82, 2.24) is 0 Å². The molecule has 0 aromatic rings. The highest BCUT2D eigenvalue weighted by Crippen LogP contribution is 2.27. The molecule has 0 heterocycles. The van der Waals surface area contributed by atoms with Crippen molar-refractivity contribution in [3.8, 4) is 0 Å². The Kier molecular flexibility index (Phi) is 139. The second-order valence-corrected chi connectivity index (χ2v) is 63.2. The molecule has 0 atom stereocenters. The van der Waals surface area contributed by atoms with Gasteiger partial charge in [0.15, 0.2) is 0 Å². The van der Waals surface area contributed by atoms with Gasteiger partial charge in [0, 0.05) is 267 Å². The summed E-state index contributed by atoms with van der Waals surface area (Å²) in [5.74, 6) is 0. The van der Waals surface area contributed by atoms with Crippen LogP contribution >= 0.6 is 0 Å². The van der Waals surface area contributed by atoms with Gasteiger partial charge in [0.1, 0.15) is 0 Å². The number of unbranched alkanes of at least 4 members (excludes halogenated alkanes) is 34. The van der Waals surface area contributed by atoms with Gasteiger partial charge in [-0.15, -0.1) is 0 Å². The minimum Gasteiger partial charge on any atom is -0.377 e. The molecular formula is C103H246O30Si10. The third kappa shape index (κ3) is 98.3. The summed E-state index contributed by atoms with van der Waals surface area (Å²) in [4.78, 5) is 0. The second kappa shape index (κ2) is 122. The Bertz CT molecular complexity index is 2200. The zero-order valence-corrected chi connectivity index (χ0v) is 112. The first-order chi connectivity index (χ1) is 68.8. The van der Waals surface area contributed by atoms with Gasteiger partial charge < -0.3 is 133 Å². The topological polar surface area (TPSA) is 277 Å². The molecule has 0 rings (SSSR count). The Morgan fingerprint density at radius 1 is 0.112 bits per heavy atom. The summed E-state index contributed by atoms with van der Waals surface area (Å²) in [5.41, 5.74) is 0. The first-order valence-electron chi connectivity index (χ1n) is 56.7. The normalized spacial score (nSPS) is 12.0. The minimum absolute atomic E-state index is 0.655. The van der Waals surface area contributed by atoms with E-state index in [4.69, 9.17) is 133 Å². The Morgan fingerprint density at radius 2 is 0.231 bits per heavy atom. The van der Waals surface area contributed by atoms with E-state index in [0.717, 1.165) is 80.5 Å². The second-order valence-electron chi connectivity index (χ2n) is 34.0. The van der Waals surface area contributed by atoms with Crippen molar-refractivity contribution in [2.75, 3.05) is 206 Å².